The fourth-order valence-corrected chi connectivity index (χ4v) is 1.79. The molecule has 2 rings (SSSR count). The summed E-state index contributed by atoms with van der Waals surface area (Å²) < 4.78 is 14.0. The minimum atomic E-state index is -0.874. The highest BCUT2D eigenvalue weighted by atomic mass is 19.1. The van der Waals surface area contributed by atoms with Crippen LogP contribution in [-0.2, 0) is 0 Å². The molecule has 2 aromatic carbocycles. The summed E-state index contributed by atoms with van der Waals surface area (Å²) in [7, 11) is 0. The van der Waals surface area contributed by atoms with E-state index in [2.05, 4.69) is 5.32 Å². The second-order valence-electron chi connectivity index (χ2n) is 4.35. The van der Waals surface area contributed by atoms with E-state index in [1.807, 2.05) is 0 Å². The Morgan fingerprint density at radius 1 is 1.33 bits per heavy atom. The smallest absolute Gasteiger partial charge is 0.270 e. The van der Waals surface area contributed by atoms with Gasteiger partial charge in [-0.1, -0.05) is 12.1 Å². The number of carbonyl (C=O) groups is 1. The van der Waals surface area contributed by atoms with Gasteiger partial charge in [0.15, 0.2) is 0 Å². The Labute approximate surface area is 119 Å². The van der Waals surface area contributed by atoms with Gasteiger partial charge < -0.3 is 10.4 Å². The van der Waals surface area contributed by atoms with Crippen molar-refractivity contribution < 1.29 is 19.2 Å². The molecule has 0 spiro atoms. The van der Waals surface area contributed by atoms with E-state index < -0.39 is 22.2 Å². The summed E-state index contributed by atoms with van der Waals surface area (Å²) in [5, 5.41) is 22.6. The molecule has 1 amide bonds. The van der Waals surface area contributed by atoms with E-state index in [0.717, 1.165) is 12.1 Å². The predicted molar refractivity (Wildman–Crippen MR) is 73.9 cm³/mol. The molecule has 7 heteroatoms. The molecule has 0 saturated heterocycles. The SMILES string of the molecule is Cc1cc([N+](=O)[O-])cc(C(=O)Nc2ccccc2O)c1F. The van der Waals surface area contributed by atoms with Gasteiger partial charge in [-0.15, -0.1) is 0 Å². The van der Waals surface area contributed by atoms with Crippen LogP contribution in [0, 0.1) is 22.9 Å². The second-order valence-corrected chi connectivity index (χ2v) is 4.35. The van der Waals surface area contributed by atoms with Gasteiger partial charge in [-0.05, 0) is 24.6 Å². The van der Waals surface area contributed by atoms with Gasteiger partial charge in [0, 0.05) is 12.1 Å². The molecule has 0 atom stereocenters. The number of anilines is 1. The molecule has 2 aromatic rings. The first-order chi connectivity index (χ1) is 9.90. The summed E-state index contributed by atoms with van der Waals surface area (Å²) in [6, 6.07) is 7.82. The summed E-state index contributed by atoms with van der Waals surface area (Å²) in [6.07, 6.45) is 0. The number of para-hydroxylation sites is 2. The number of phenols is 1. The molecule has 2 N–H and O–H groups in total. The van der Waals surface area contributed by atoms with Crippen molar-refractivity contribution in [2.75, 3.05) is 5.32 Å². The van der Waals surface area contributed by atoms with E-state index in [9.17, 15) is 24.4 Å². The highest BCUT2D eigenvalue weighted by Crippen LogP contribution is 2.25. The number of halogens is 1. The molecule has 21 heavy (non-hydrogen) atoms. The largest absolute Gasteiger partial charge is 0.506 e. The van der Waals surface area contributed by atoms with E-state index in [-0.39, 0.29) is 22.7 Å². The number of amides is 1. The van der Waals surface area contributed by atoms with Crippen molar-refractivity contribution in [2.45, 2.75) is 6.92 Å². The van der Waals surface area contributed by atoms with Crippen LogP contribution < -0.4 is 5.32 Å². The van der Waals surface area contributed by atoms with Crippen molar-refractivity contribution in [2.24, 2.45) is 0 Å². The topological polar surface area (TPSA) is 92.5 Å². The molecule has 0 saturated carbocycles. The predicted octanol–water partition coefficient (Wildman–Crippen LogP) is 3.00. The maximum atomic E-state index is 14.0. The van der Waals surface area contributed by atoms with Crippen LogP contribution in [0.1, 0.15) is 15.9 Å². The van der Waals surface area contributed by atoms with Crippen LogP contribution in [0.5, 0.6) is 5.75 Å². The number of rotatable bonds is 3. The van der Waals surface area contributed by atoms with Crippen LogP contribution in [0.25, 0.3) is 0 Å². The standard InChI is InChI=1S/C14H11FN2O4/c1-8-6-9(17(20)21)7-10(13(8)15)14(19)16-11-4-2-3-5-12(11)18/h2-7,18H,1H3,(H,16,19). The monoisotopic (exact) mass is 290 g/mol. The van der Waals surface area contributed by atoms with Crippen LogP contribution in [0.2, 0.25) is 0 Å². The number of hydrogen-bond donors (Lipinski definition) is 2. The van der Waals surface area contributed by atoms with Crippen molar-refractivity contribution in [3.05, 3.63) is 63.5 Å². The Kier molecular flexibility index (Phi) is 3.84. The number of aromatic hydroxyl groups is 1. The third-order valence-electron chi connectivity index (χ3n) is 2.85. The van der Waals surface area contributed by atoms with Gasteiger partial charge in [0.2, 0.25) is 0 Å². The quantitative estimate of drug-likeness (QED) is 0.516. The number of nitrogens with one attached hydrogen (secondary N) is 1. The summed E-state index contributed by atoms with van der Waals surface area (Å²) in [6.45, 7) is 1.33. The first-order valence-electron chi connectivity index (χ1n) is 5.94. The number of benzene rings is 2. The zero-order valence-electron chi connectivity index (χ0n) is 11.0. The number of nitrogens with zero attached hydrogens (tertiary/aromatic N) is 1. The van der Waals surface area contributed by atoms with Crippen molar-refractivity contribution in [3.8, 4) is 5.75 Å². The van der Waals surface area contributed by atoms with Crippen molar-refractivity contribution in [1.29, 1.82) is 0 Å². The van der Waals surface area contributed by atoms with E-state index >= 15 is 0 Å². The lowest BCUT2D eigenvalue weighted by Gasteiger charge is -2.09. The summed E-state index contributed by atoms with van der Waals surface area (Å²) in [5.41, 5.74) is -0.751. The number of non-ortho nitro benzene ring substituents is 1. The molecule has 0 aliphatic carbocycles. The lowest BCUT2D eigenvalue weighted by molar-refractivity contribution is -0.385. The second kappa shape index (κ2) is 5.58. The zero-order chi connectivity index (χ0) is 15.6. The van der Waals surface area contributed by atoms with Crippen molar-refractivity contribution in [1.82, 2.24) is 0 Å². The van der Waals surface area contributed by atoms with Gasteiger partial charge in [-0.3, -0.25) is 14.9 Å². The van der Waals surface area contributed by atoms with Crippen LogP contribution in [0.15, 0.2) is 36.4 Å². The molecular formula is C14H11FN2O4. The van der Waals surface area contributed by atoms with Gasteiger partial charge in [-0.25, -0.2) is 4.39 Å². The first kappa shape index (κ1) is 14.4. The molecule has 0 heterocycles. The molecule has 0 aromatic heterocycles. The molecule has 0 fully saturated rings. The normalized spacial score (nSPS) is 10.2. The minimum absolute atomic E-state index is 0.00775. The van der Waals surface area contributed by atoms with Gasteiger partial charge in [0.25, 0.3) is 11.6 Å². The van der Waals surface area contributed by atoms with Crippen molar-refractivity contribution >= 4 is 17.3 Å². The van der Waals surface area contributed by atoms with E-state index in [0.29, 0.717) is 0 Å². The van der Waals surface area contributed by atoms with Crippen molar-refractivity contribution in [3.63, 3.8) is 0 Å². The number of nitro benzene ring substituents is 1. The van der Waals surface area contributed by atoms with E-state index in [4.69, 9.17) is 0 Å². The third kappa shape index (κ3) is 2.97. The third-order valence-corrected chi connectivity index (χ3v) is 2.85. The lowest BCUT2D eigenvalue weighted by atomic mass is 10.1. The fraction of sp³-hybridized carbons (Fsp3) is 0.0714. The highest BCUT2D eigenvalue weighted by molar-refractivity contribution is 6.05. The van der Waals surface area contributed by atoms with Gasteiger partial charge in [-0.2, -0.15) is 0 Å². The number of aryl methyl sites for hydroxylation is 1. The molecular weight excluding hydrogens is 279 g/mol. The maximum absolute atomic E-state index is 14.0. The highest BCUT2D eigenvalue weighted by Gasteiger charge is 2.20. The summed E-state index contributed by atoms with van der Waals surface area (Å²) in [5.74, 6) is -1.90. The Morgan fingerprint density at radius 3 is 2.62 bits per heavy atom. The van der Waals surface area contributed by atoms with Gasteiger partial charge >= 0.3 is 0 Å². The number of nitro groups is 1. The van der Waals surface area contributed by atoms with E-state index in [1.165, 1.54) is 19.1 Å². The zero-order valence-corrected chi connectivity index (χ0v) is 11.0. The number of carbonyl (C=O) groups excluding carboxylic acids is 1. The summed E-state index contributed by atoms with van der Waals surface area (Å²) in [4.78, 5) is 22.1. The average Bonchev–Trinajstić information content (AvgIpc) is 2.43. The molecule has 0 aliphatic heterocycles. The lowest BCUT2D eigenvalue weighted by Crippen LogP contribution is -2.15. The van der Waals surface area contributed by atoms with Crippen LogP contribution in [-0.4, -0.2) is 15.9 Å². The fourth-order valence-electron chi connectivity index (χ4n) is 1.79. The van der Waals surface area contributed by atoms with Crippen LogP contribution in [0.3, 0.4) is 0 Å². The molecule has 108 valence electrons. The van der Waals surface area contributed by atoms with E-state index in [1.54, 1.807) is 12.1 Å². The Morgan fingerprint density at radius 2 is 2.00 bits per heavy atom. The number of phenolic OH excluding ortho intramolecular Hbond substituents is 1. The van der Waals surface area contributed by atoms with Gasteiger partial charge in [0.05, 0.1) is 16.2 Å². The van der Waals surface area contributed by atoms with Crippen LogP contribution >= 0.6 is 0 Å². The average molecular weight is 290 g/mol. The molecule has 0 unspecified atom stereocenters. The minimum Gasteiger partial charge on any atom is -0.506 e. The van der Waals surface area contributed by atoms with Gasteiger partial charge in [0.1, 0.15) is 11.6 Å². The Balaban J connectivity index is 2.39. The molecule has 0 radical (unpaired) electrons. The van der Waals surface area contributed by atoms with Crippen LogP contribution in [0.4, 0.5) is 15.8 Å². The Bertz CT molecular complexity index is 731. The molecule has 0 aliphatic rings. The summed E-state index contributed by atoms with van der Waals surface area (Å²) >= 11 is 0. The first-order valence-corrected chi connectivity index (χ1v) is 5.94. The number of hydrogen-bond acceptors (Lipinski definition) is 4. The maximum Gasteiger partial charge on any atom is 0.270 e. The molecule has 0 bridgehead atoms. The Hall–Kier alpha value is -2.96. The molecule has 6 nitrogen and oxygen atoms in total.